The minimum Gasteiger partial charge on any atom is -0.232 e. The van der Waals surface area contributed by atoms with Gasteiger partial charge in [-0.15, -0.1) is 11.3 Å². The van der Waals surface area contributed by atoms with Gasteiger partial charge in [0.2, 0.25) is 0 Å². The third-order valence-electron chi connectivity index (χ3n) is 1.81. The highest BCUT2D eigenvalue weighted by Gasteiger charge is 2.03. The summed E-state index contributed by atoms with van der Waals surface area (Å²) in [7, 11) is 0. The molecular formula is C11H16N2S. The predicted octanol–water partition coefficient (Wildman–Crippen LogP) is 3.84. The molecule has 2 aromatic heterocycles. The van der Waals surface area contributed by atoms with Crippen LogP contribution in [0.4, 0.5) is 0 Å². The van der Waals surface area contributed by atoms with Gasteiger partial charge in [0.15, 0.2) is 5.65 Å². The van der Waals surface area contributed by atoms with Crippen molar-refractivity contribution >= 4 is 21.7 Å². The van der Waals surface area contributed by atoms with Gasteiger partial charge in [0.1, 0.15) is 0 Å². The number of hydrogen-bond donors (Lipinski definition) is 0. The largest absolute Gasteiger partial charge is 0.232 e. The maximum Gasteiger partial charge on any atom is 0.170 e. The summed E-state index contributed by atoms with van der Waals surface area (Å²) >= 11 is 1.63. The number of nitrogens with zero attached hydrogens (tertiary/aromatic N) is 2. The Morgan fingerprint density at radius 1 is 1.21 bits per heavy atom. The molecule has 0 aliphatic heterocycles. The van der Waals surface area contributed by atoms with Gasteiger partial charge in [0.25, 0.3) is 0 Å². The van der Waals surface area contributed by atoms with Gasteiger partial charge in [-0.3, -0.25) is 0 Å². The Kier molecular flexibility index (Phi) is 4.01. The first-order valence-electron chi connectivity index (χ1n) is 4.97. The zero-order valence-electron chi connectivity index (χ0n) is 9.11. The smallest absolute Gasteiger partial charge is 0.170 e. The molecule has 2 aromatic rings. The Morgan fingerprint density at radius 2 is 1.93 bits per heavy atom. The summed E-state index contributed by atoms with van der Waals surface area (Å²) in [6.07, 6.45) is 0. The first kappa shape index (κ1) is 11.1. The van der Waals surface area contributed by atoms with Crippen LogP contribution in [0.3, 0.4) is 0 Å². The van der Waals surface area contributed by atoms with Gasteiger partial charge in [0.05, 0.1) is 10.2 Å². The van der Waals surface area contributed by atoms with E-state index >= 15 is 0 Å². The molecule has 2 nitrogen and oxygen atoms in total. The summed E-state index contributed by atoms with van der Waals surface area (Å²) in [5, 5.41) is 0. The second-order valence-electron chi connectivity index (χ2n) is 3.06. The lowest BCUT2D eigenvalue weighted by molar-refractivity contribution is 0.828. The quantitative estimate of drug-likeness (QED) is 0.711. The first-order valence-corrected chi connectivity index (χ1v) is 5.85. The summed E-state index contributed by atoms with van der Waals surface area (Å²) < 4.78 is 1.17. The summed E-state index contributed by atoms with van der Waals surface area (Å²) in [4.78, 5) is 8.60. The van der Waals surface area contributed by atoms with E-state index in [0.29, 0.717) is 5.92 Å². The van der Waals surface area contributed by atoms with E-state index in [2.05, 4.69) is 35.9 Å². The molecule has 0 atom stereocenters. The molecule has 76 valence electrons. The van der Waals surface area contributed by atoms with E-state index in [1.165, 1.54) is 4.70 Å². The lowest BCUT2D eigenvalue weighted by Gasteiger charge is -2.01. The Labute approximate surface area is 89.0 Å². The van der Waals surface area contributed by atoms with Crippen molar-refractivity contribution in [2.24, 2.45) is 0 Å². The van der Waals surface area contributed by atoms with Crippen LogP contribution < -0.4 is 0 Å². The fourth-order valence-corrected chi connectivity index (χ4v) is 1.71. The molecule has 0 N–H and O–H groups in total. The molecular weight excluding hydrogens is 192 g/mol. The van der Waals surface area contributed by atoms with Crippen LogP contribution in [0, 0.1) is 0 Å². The van der Waals surface area contributed by atoms with Crippen LogP contribution in [0.2, 0.25) is 0 Å². The second kappa shape index (κ2) is 5.05. The lowest BCUT2D eigenvalue weighted by atomic mass is 10.1. The SMILES string of the molecule is CC.CC(C)c1ccc2scnc2n1. The van der Waals surface area contributed by atoms with Gasteiger partial charge in [-0.05, 0) is 18.1 Å². The summed E-state index contributed by atoms with van der Waals surface area (Å²) in [5.41, 5.74) is 3.83. The molecule has 2 rings (SSSR count). The minimum absolute atomic E-state index is 0.482. The summed E-state index contributed by atoms with van der Waals surface area (Å²) in [6, 6.07) is 4.17. The van der Waals surface area contributed by atoms with Crippen molar-refractivity contribution in [1.82, 2.24) is 9.97 Å². The molecule has 0 aromatic carbocycles. The molecule has 2 heterocycles. The normalized spacial score (nSPS) is 10.1. The Balaban J connectivity index is 0.000000461. The topological polar surface area (TPSA) is 25.8 Å². The molecule has 0 saturated carbocycles. The van der Waals surface area contributed by atoms with E-state index in [4.69, 9.17) is 0 Å². The Hall–Kier alpha value is -0.960. The number of hydrogen-bond acceptors (Lipinski definition) is 3. The van der Waals surface area contributed by atoms with E-state index in [1.807, 2.05) is 19.4 Å². The number of thiazole rings is 1. The molecule has 0 aliphatic carbocycles. The molecule has 3 heteroatoms. The highest BCUT2D eigenvalue weighted by molar-refractivity contribution is 7.16. The third-order valence-corrected chi connectivity index (χ3v) is 2.59. The fourth-order valence-electron chi connectivity index (χ4n) is 1.09. The van der Waals surface area contributed by atoms with Crippen LogP contribution in [0.15, 0.2) is 17.6 Å². The first-order chi connectivity index (χ1) is 6.77. The number of pyridine rings is 1. The van der Waals surface area contributed by atoms with Gasteiger partial charge in [-0.1, -0.05) is 27.7 Å². The molecule has 14 heavy (non-hydrogen) atoms. The van der Waals surface area contributed by atoms with Gasteiger partial charge < -0.3 is 0 Å². The zero-order valence-corrected chi connectivity index (χ0v) is 9.93. The maximum atomic E-state index is 4.43. The third kappa shape index (κ3) is 2.29. The monoisotopic (exact) mass is 208 g/mol. The van der Waals surface area contributed by atoms with Crippen LogP contribution in [0.5, 0.6) is 0 Å². The van der Waals surface area contributed by atoms with Crippen molar-refractivity contribution in [3.8, 4) is 0 Å². The van der Waals surface area contributed by atoms with E-state index in [-0.39, 0.29) is 0 Å². The van der Waals surface area contributed by atoms with Gasteiger partial charge in [-0.25, -0.2) is 9.97 Å². The number of fused-ring (bicyclic) bond motifs is 1. The van der Waals surface area contributed by atoms with E-state index in [0.717, 1.165) is 11.3 Å². The molecule has 0 unspecified atom stereocenters. The van der Waals surface area contributed by atoms with E-state index < -0.39 is 0 Å². The summed E-state index contributed by atoms with van der Waals surface area (Å²) in [5.74, 6) is 0.482. The van der Waals surface area contributed by atoms with Crippen molar-refractivity contribution in [3.63, 3.8) is 0 Å². The van der Waals surface area contributed by atoms with Crippen LogP contribution in [-0.4, -0.2) is 9.97 Å². The maximum absolute atomic E-state index is 4.43. The average Bonchev–Trinajstić information content (AvgIpc) is 2.67. The standard InChI is InChI=1S/C9H10N2S.C2H6/c1-6(2)7-3-4-8-9(11-7)10-5-12-8;1-2/h3-6H,1-2H3;1-2H3. The molecule has 0 bridgehead atoms. The zero-order chi connectivity index (χ0) is 10.6. The highest BCUT2D eigenvalue weighted by Crippen LogP contribution is 2.19. The number of aromatic nitrogens is 2. The molecule has 0 radical (unpaired) electrons. The molecule has 0 saturated heterocycles. The Bertz CT molecular complexity index is 393. The average molecular weight is 208 g/mol. The van der Waals surface area contributed by atoms with E-state index in [1.54, 1.807) is 11.3 Å². The molecule has 0 amide bonds. The number of rotatable bonds is 1. The van der Waals surface area contributed by atoms with Crippen LogP contribution in [-0.2, 0) is 0 Å². The van der Waals surface area contributed by atoms with Gasteiger partial charge in [0, 0.05) is 5.69 Å². The minimum atomic E-state index is 0.482. The molecule has 0 aliphatic rings. The van der Waals surface area contributed by atoms with Crippen molar-refractivity contribution in [2.75, 3.05) is 0 Å². The van der Waals surface area contributed by atoms with E-state index in [9.17, 15) is 0 Å². The second-order valence-corrected chi connectivity index (χ2v) is 3.95. The Morgan fingerprint density at radius 3 is 2.57 bits per heavy atom. The van der Waals surface area contributed by atoms with Crippen molar-refractivity contribution in [1.29, 1.82) is 0 Å². The van der Waals surface area contributed by atoms with Crippen molar-refractivity contribution in [2.45, 2.75) is 33.6 Å². The molecule has 0 spiro atoms. The molecule has 0 fully saturated rings. The highest BCUT2D eigenvalue weighted by atomic mass is 32.1. The van der Waals surface area contributed by atoms with Crippen LogP contribution in [0.1, 0.15) is 39.3 Å². The predicted molar refractivity (Wildman–Crippen MR) is 62.9 cm³/mol. The van der Waals surface area contributed by atoms with Gasteiger partial charge in [-0.2, -0.15) is 0 Å². The fraction of sp³-hybridized carbons (Fsp3) is 0.455. The lowest BCUT2D eigenvalue weighted by Crippen LogP contribution is -1.91. The van der Waals surface area contributed by atoms with Gasteiger partial charge >= 0.3 is 0 Å². The van der Waals surface area contributed by atoms with Crippen LogP contribution >= 0.6 is 11.3 Å². The summed E-state index contributed by atoms with van der Waals surface area (Å²) in [6.45, 7) is 8.28. The van der Waals surface area contributed by atoms with Crippen molar-refractivity contribution in [3.05, 3.63) is 23.3 Å². The van der Waals surface area contributed by atoms with Crippen molar-refractivity contribution < 1.29 is 0 Å². The van der Waals surface area contributed by atoms with Crippen LogP contribution in [0.25, 0.3) is 10.3 Å².